The van der Waals surface area contributed by atoms with E-state index in [4.69, 9.17) is 5.26 Å². The number of halogens is 2. The number of benzene rings is 1. The number of nitrogens with zero attached hydrogens (tertiary/aromatic N) is 2. The van der Waals surface area contributed by atoms with E-state index in [-0.39, 0.29) is 21.8 Å². The summed E-state index contributed by atoms with van der Waals surface area (Å²) in [6.07, 6.45) is 2.10. The molecule has 23 heavy (non-hydrogen) atoms. The summed E-state index contributed by atoms with van der Waals surface area (Å²) >= 11 is 3.11. The highest BCUT2D eigenvalue weighted by Gasteiger charge is 2.17. The summed E-state index contributed by atoms with van der Waals surface area (Å²) < 4.78 is 37.0. The third kappa shape index (κ3) is 3.91. The molecule has 0 bridgehead atoms. The van der Waals surface area contributed by atoms with Crippen molar-refractivity contribution in [2.24, 2.45) is 0 Å². The van der Waals surface area contributed by atoms with Crippen molar-refractivity contribution in [1.29, 1.82) is 5.26 Å². The predicted molar refractivity (Wildman–Crippen MR) is 84.1 cm³/mol. The number of carbonyl (C=O) groups excluding carboxylic acids is 1. The summed E-state index contributed by atoms with van der Waals surface area (Å²) in [5.74, 6) is -1.37. The fourth-order valence-corrected chi connectivity index (χ4v) is 3.03. The van der Waals surface area contributed by atoms with Crippen LogP contribution in [-0.2, 0) is 9.84 Å². The van der Waals surface area contributed by atoms with E-state index in [1.54, 1.807) is 0 Å². The lowest BCUT2D eigenvalue weighted by molar-refractivity contribution is 0.102. The Bertz CT molecular complexity index is 939. The van der Waals surface area contributed by atoms with Crippen LogP contribution in [0.2, 0.25) is 0 Å². The minimum atomic E-state index is -3.73. The van der Waals surface area contributed by atoms with Crippen LogP contribution in [-0.4, -0.2) is 25.6 Å². The molecule has 0 spiro atoms. The van der Waals surface area contributed by atoms with Gasteiger partial charge in [0.1, 0.15) is 11.9 Å². The Hall–Kier alpha value is -2.31. The number of carbonyl (C=O) groups is 1. The second-order valence-corrected chi connectivity index (χ2v) is 7.37. The SMILES string of the molecule is CS(=O)(=O)c1cc(F)ccc1NC(=O)c1cnc(C#N)c(Br)c1. The molecular formula is C14H9BrFN3O3S. The van der Waals surface area contributed by atoms with Gasteiger partial charge in [0, 0.05) is 12.5 Å². The number of sulfone groups is 1. The maximum atomic E-state index is 13.3. The molecule has 0 saturated carbocycles. The van der Waals surface area contributed by atoms with E-state index in [2.05, 4.69) is 26.2 Å². The molecule has 118 valence electrons. The summed E-state index contributed by atoms with van der Waals surface area (Å²) in [5.41, 5.74) is 0.180. The number of amides is 1. The summed E-state index contributed by atoms with van der Waals surface area (Å²) in [6, 6.07) is 6.25. The summed E-state index contributed by atoms with van der Waals surface area (Å²) in [5, 5.41) is 11.2. The van der Waals surface area contributed by atoms with Crippen LogP contribution in [0.5, 0.6) is 0 Å². The number of nitriles is 1. The van der Waals surface area contributed by atoms with Gasteiger partial charge in [-0.2, -0.15) is 5.26 Å². The Morgan fingerprint density at radius 3 is 2.65 bits per heavy atom. The molecule has 6 nitrogen and oxygen atoms in total. The number of rotatable bonds is 3. The second kappa shape index (κ2) is 6.44. The third-order valence-corrected chi connectivity index (χ3v) is 4.54. The Labute approximate surface area is 140 Å². The van der Waals surface area contributed by atoms with E-state index in [1.165, 1.54) is 12.3 Å². The second-order valence-electron chi connectivity index (χ2n) is 4.53. The van der Waals surface area contributed by atoms with Crippen molar-refractivity contribution in [2.45, 2.75) is 4.90 Å². The van der Waals surface area contributed by atoms with Crippen LogP contribution in [0.15, 0.2) is 39.8 Å². The fourth-order valence-electron chi connectivity index (χ4n) is 1.75. The van der Waals surface area contributed by atoms with Crippen LogP contribution < -0.4 is 5.32 Å². The molecular weight excluding hydrogens is 389 g/mol. The van der Waals surface area contributed by atoms with Crippen molar-refractivity contribution in [1.82, 2.24) is 4.98 Å². The molecule has 1 aromatic carbocycles. The first kappa shape index (κ1) is 17.1. The monoisotopic (exact) mass is 397 g/mol. The molecule has 2 rings (SSSR count). The van der Waals surface area contributed by atoms with Gasteiger partial charge in [-0.25, -0.2) is 17.8 Å². The van der Waals surface area contributed by atoms with E-state index in [1.807, 2.05) is 6.07 Å². The van der Waals surface area contributed by atoms with Crippen LogP contribution >= 0.6 is 15.9 Å². The molecule has 2 aromatic rings. The lowest BCUT2D eigenvalue weighted by Gasteiger charge is -2.10. The molecule has 1 heterocycles. The molecule has 1 N–H and O–H groups in total. The molecule has 1 aromatic heterocycles. The van der Waals surface area contributed by atoms with Gasteiger partial charge in [-0.05, 0) is 40.2 Å². The molecule has 1 amide bonds. The van der Waals surface area contributed by atoms with Gasteiger partial charge in [-0.3, -0.25) is 4.79 Å². The maximum absolute atomic E-state index is 13.3. The number of aromatic nitrogens is 1. The first-order valence-electron chi connectivity index (χ1n) is 6.09. The zero-order valence-electron chi connectivity index (χ0n) is 11.7. The van der Waals surface area contributed by atoms with Crippen molar-refractivity contribution in [3.8, 4) is 6.07 Å². The van der Waals surface area contributed by atoms with Crippen molar-refractivity contribution >= 4 is 37.4 Å². The molecule has 0 saturated heterocycles. The van der Waals surface area contributed by atoms with E-state index in [0.717, 1.165) is 24.5 Å². The largest absolute Gasteiger partial charge is 0.321 e. The van der Waals surface area contributed by atoms with Crippen molar-refractivity contribution < 1.29 is 17.6 Å². The van der Waals surface area contributed by atoms with Gasteiger partial charge in [0.25, 0.3) is 5.91 Å². The van der Waals surface area contributed by atoms with E-state index >= 15 is 0 Å². The Morgan fingerprint density at radius 2 is 2.09 bits per heavy atom. The van der Waals surface area contributed by atoms with E-state index in [9.17, 15) is 17.6 Å². The Balaban J connectivity index is 2.38. The Morgan fingerprint density at radius 1 is 1.39 bits per heavy atom. The van der Waals surface area contributed by atoms with Crippen LogP contribution in [0.25, 0.3) is 0 Å². The average Bonchev–Trinajstić information content (AvgIpc) is 2.47. The highest BCUT2D eigenvalue weighted by atomic mass is 79.9. The third-order valence-electron chi connectivity index (χ3n) is 2.80. The Kier molecular flexibility index (Phi) is 4.77. The molecule has 0 radical (unpaired) electrons. The van der Waals surface area contributed by atoms with Gasteiger partial charge in [-0.15, -0.1) is 0 Å². The molecule has 0 aliphatic rings. The maximum Gasteiger partial charge on any atom is 0.257 e. The first-order chi connectivity index (χ1) is 10.7. The topological polar surface area (TPSA) is 99.9 Å². The average molecular weight is 398 g/mol. The van der Waals surface area contributed by atoms with Crippen molar-refractivity contribution in [2.75, 3.05) is 11.6 Å². The highest BCUT2D eigenvalue weighted by molar-refractivity contribution is 9.10. The zero-order chi connectivity index (χ0) is 17.2. The highest BCUT2D eigenvalue weighted by Crippen LogP contribution is 2.23. The molecule has 9 heteroatoms. The smallest absolute Gasteiger partial charge is 0.257 e. The van der Waals surface area contributed by atoms with Gasteiger partial charge < -0.3 is 5.32 Å². The van der Waals surface area contributed by atoms with Gasteiger partial charge in [-0.1, -0.05) is 0 Å². The lowest BCUT2D eigenvalue weighted by Crippen LogP contribution is -2.15. The summed E-state index contributed by atoms with van der Waals surface area (Å²) in [4.78, 5) is 15.7. The number of anilines is 1. The molecule has 0 unspecified atom stereocenters. The normalized spacial score (nSPS) is 10.9. The van der Waals surface area contributed by atoms with Gasteiger partial charge in [0.2, 0.25) is 0 Å². The van der Waals surface area contributed by atoms with Gasteiger partial charge in [0.15, 0.2) is 15.5 Å². The molecule has 0 aliphatic carbocycles. The number of hydrogen-bond acceptors (Lipinski definition) is 5. The van der Waals surface area contributed by atoms with Gasteiger partial charge in [0.05, 0.1) is 20.6 Å². The summed E-state index contributed by atoms with van der Waals surface area (Å²) in [7, 11) is -3.73. The predicted octanol–water partition coefficient (Wildman–Crippen LogP) is 2.51. The standard InChI is InChI=1S/C14H9BrFN3O3S/c1-23(21,22)13-5-9(16)2-3-11(13)19-14(20)8-4-10(15)12(6-17)18-7-8/h2-5,7H,1H3,(H,19,20). The fraction of sp³-hybridized carbons (Fsp3) is 0.0714. The van der Waals surface area contributed by atoms with Gasteiger partial charge >= 0.3 is 0 Å². The van der Waals surface area contributed by atoms with Crippen LogP contribution in [0, 0.1) is 17.1 Å². The van der Waals surface area contributed by atoms with Crippen molar-refractivity contribution in [3.63, 3.8) is 0 Å². The summed E-state index contributed by atoms with van der Waals surface area (Å²) in [6.45, 7) is 0. The van der Waals surface area contributed by atoms with Crippen molar-refractivity contribution in [3.05, 3.63) is 52.0 Å². The molecule has 0 atom stereocenters. The first-order valence-corrected chi connectivity index (χ1v) is 8.77. The van der Waals surface area contributed by atoms with Crippen LogP contribution in [0.1, 0.15) is 16.1 Å². The molecule has 0 fully saturated rings. The quantitative estimate of drug-likeness (QED) is 0.857. The zero-order valence-corrected chi connectivity index (χ0v) is 14.1. The van der Waals surface area contributed by atoms with Crippen LogP contribution in [0.3, 0.4) is 0 Å². The number of pyridine rings is 1. The minimum Gasteiger partial charge on any atom is -0.321 e. The molecule has 0 aliphatic heterocycles. The van der Waals surface area contributed by atoms with E-state index < -0.39 is 21.6 Å². The number of nitrogens with one attached hydrogen (secondary N) is 1. The number of hydrogen-bond donors (Lipinski definition) is 1. The minimum absolute atomic E-state index is 0.0422. The van der Waals surface area contributed by atoms with Crippen LogP contribution in [0.4, 0.5) is 10.1 Å². The van der Waals surface area contributed by atoms with E-state index in [0.29, 0.717) is 4.47 Å². The lowest BCUT2D eigenvalue weighted by atomic mass is 10.2.